The summed E-state index contributed by atoms with van der Waals surface area (Å²) in [5, 5.41) is 0. The first kappa shape index (κ1) is 17.2. The molecule has 4 nitrogen and oxygen atoms in total. The van der Waals surface area contributed by atoms with Crippen molar-refractivity contribution in [2.75, 3.05) is 6.61 Å². The van der Waals surface area contributed by atoms with Crippen LogP contribution in [0.1, 0.15) is 34.6 Å². The molecule has 2 aromatic rings. The van der Waals surface area contributed by atoms with Gasteiger partial charge in [-0.2, -0.15) is 0 Å². The van der Waals surface area contributed by atoms with Crippen LogP contribution in [0.4, 0.5) is 0 Å². The van der Waals surface area contributed by atoms with Crippen molar-refractivity contribution in [1.29, 1.82) is 0 Å². The number of ether oxygens (including phenoxy) is 2. The van der Waals surface area contributed by atoms with Crippen molar-refractivity contribution in [2.45, 2.75) is 13.8 Å². The summed E-state index contributed by atoms with van der Waals surface area (Å²) in [6, 6.07) is 11.6. The van der Waals surface area contributed by atoms with Crippen LogP contribution in [-0.4, -0.2) is 18.9 Å². The van der Waals surface area contributed by atoms with Gasteiger partial charge >= 0.3 is 5.97 Å². The van der Waals surface area contributed by atoms with Gasteiger partial charge in [0.25, 0.3) is 0 Å². The molecule has 2 rings (SSSR count). The van der Waals surface area contributed by atoms with Crippen molar-refractivity contribution in [2.24, 2.45) is 5.92 Å². The van der Waals surface area contributed by atoms with E-state index in [0.717, 1.165) is 0 Å². The molecular weight excluding hydrogens is 360 g/mol. The maximum absolute atomic E-state index is 12.2. The van der Waals surface area contributed by atoms with Crippen molar-refractivity contribution in [1.82, 2.24) is 0 Å². The predicted octanol–water partition coefficient (Wildman–Crippen LogP) is 4.52. The van der Waals surface area contributed by atoms with Crippen molar-refractivity contribution in [3.63, 3.8) is 0 Å². The minimum atomic E-state index is -0.532. The van der Waals surface area contributed by atoms with Gasteiger partial charge in [-0.05, 0) is 52.2 Å². The van der Waals surface area contributed by atoms with Crippen LogP contribution in [0.2, 0.25) is 0 Å². The minimum Gasteiger partial charge on any atom is -0.492 e. The van der Waals surface area contributed by atoms with E-state index in [9.17, 15) is 9.59 Å². The molecule has 2 aromatic carbocycles. The largest absolute Gasteiger partial charge is 0.492 e. The van der Waals surface area contributed by atoms with Gasteiger partial charge < -0.3 is 9.47 Å². The number of benzene rings is 2. The average Bonchev–Trinajstić information content (AvgIpc) is 2.54. The lowest BCUT2D eigenvalue weighted by Gasteiger charge is -2.11. The molecule has 0 saturated heterocycles. The second-order valence-electron chi connectivity index (χ2n) is 5.40. The van der Waals surface area contributed by atoms with Gasteiger partial charge in [-0.3, -0.25) is 4.79 Å². The van der Waals surface area contributed by atoms with Gasteiger partial charge in [0.15, 0.2) is 6.29 Å². The third-order valence-corrected chi connectivity index (χ3v) is 3.61. The standard InChI is InChI=1S/C18H17BrO4/c1-12(2)11-22-17-8-7-13(9-15(17)19)18(21)23-16-6-4-3-5-14(16)10-20/h3-10,12H,11H2,1-2H3. The highest BCUT2D eigenvalue weighted by Crippen LogP contribution is 2.27. The molecule has 0 fully saturated rings. The number of aldehydes is 1. The number of para-hydroxylation sites is 1. The van der Waals surface area contributed by atoms with Crippen LogP contribution in [0.15, 0.2) is 46.9 Å². The molecule has 0 heterocycles. The SMILES string of the molecule is CC(C)COc1ccc(C(=O)Oc2ccccc2C=O)cc1Br. The molecule has 120 valence electrons. The fraction of sp³-hybridized carbons (Fsp3) is 0.222. The second-order valence-corrected chi connectivity index (χ2v) is 6.25. The molecule has 0 unspecified atom stereocenters. The minimum absolute atomic E-state index is 0.240. The summed E-state index contributed by atoms with van der Waals surface area (Å²) in [5.74, 6) is 0.786. The maximum atomic E-state index is 12.2. The molecule has 0 aromatic heterocycles. The molecule has 0 N–H and O–H groups in total. The number of hydrogen-bond donors (Lipinski definition) is 0. The van der Waals surface area contributed by atoms with E-state index in [4.69, 9.17) is 9.47 Å². The molecule has 23 heavy (non-hydrogen) atoms. The third-order valence-electron chi connectivity index (χ3n) is 2.99. The van der Waals surface area contributed by atoms with Crippen LogP contribution in [0.3, 0.4) is 0 Å². The summed E-state index contributed by atoms with van der Waals surface area (Å²) in [5.41, 5.74) is 0.700. The maximum Gasteiger partial charge on any atom is 0.343 e. The Kier molecular flexibility index (Phi) is 5.93. The Hall–Kier alpha value is -2.14. The highest BCUT2D eigenvalue weighted by molar-refractivity contribution is 9.10. The number of hydrogen-bond acceptors (Lipinski definition) is 4. The molecule has 0 spiro atoms. The van der Waals surface area contributed by atoms with Crippen LogP contribution in [0.25, 0.3) is 0 Å². The summed E-state index contributed by atoms with van der Waals surface area (Å²) in [6.45, 7) is 4.71. The predicted molar refractivity (Wildman–Crippen MR) is 91.3 cm³/mol. The van der Waals surface area contributed by atoms with Crippen LogP contribution >= 0.6 is 15.9 Å². The van der Waals surface area contributed by atoms with E-state index < -0.39 is 5.97 Å². The van der Waals surface area contributed by atoms with E-state index in [-0.39, 0.29) is 5.75 Å². The van der Waals surface area contributed by atoms with E-state index in [1.165, 1.54) is 0 Å². The lowest BCUT2D eigenvalue weighted by atomic mass is 10.2. The van der Waals surface area contributed by atoms with Gasteiger partial charge in [0.1, 0.15) is 11.5 Å². The van der Waals surface area contributed by atoms with Crippen molar-refractivity contribution < 1.29 is 19.1 Å². The number of carbonyl (C=O) groups excluding carboxylic acids is 2. The Labute approximate surface area is 143 Å². The normalized spacial score (nSPS) is 10.4. The van der Waals surface area contributed by atoms with Crippen LogP contribution in [0.5, 0.6) is 11.5 Å². The van der Waals surface area contributed by atoms with Gasteiger partial charge in [-0.15, -0.1) is 0 Å². The quantitative estimate of drug-likeness (QED) is 0.422. The Balaban J connectivity index is 2.13. The van der Waals surface area contributed by atoms with Crippen LogP contribution in [-0.2, 0) is 0 Å². The molecule has 5 heteroatoms. The van der Waals surface area contributed by atoms with Gasteiger partial charge in [0, 0.05) is 0 Å². The van der Waals surface area contributed by atoms with Crippen molar-refractivity contribution in [3.05, 3.63) is 58.1 Å². The molecule has 0 atom stereocenters. The Bertz CT molecular complexity index is 710. The first-order valence-electron chi connectivity index (χ1n) is 7.20. The smallest absolute Gasteiger partial charge is 0.343 e. The highest BCUT2D eigenvalue weighted by Gasteiger charge is 2.13. The lowest BCUT2D eigenvalue weighted by molar-refractivity contribution is 0.0733. The number of esters is 1. The summed E-state index contributed by atoms with van der Waals surface area (Å²) < 4.78 is 11.6. The van der Waals surface area contributed by atoms with Gasteiger partial charge in [-0.1, -0.05) is 26.0 Å². The van der Waals surface area contributed by atoms with E-state index in [2.05, 4.69) is 29.8 Å². The van der Waals surface area contributed by atoms with Gasteiger partial charge in [-0.25, -0.2) is 4.79 Å². The molecule has 0 bridgehead atoms. The molecule has 0 aliphatic rings. The summed E-state index contributed by atoms with van der Waals surface area (Å²) in [7, 11) is 0. The van der Waals surface area contributed by atoms with E-state index in [0.29, 0.717) is 40.2 Å². The van der Waals surface area contributed by atoms with Crippen molar-refractivity contribution >= 4 is 28.2 Å². The van der Waals surface area contributed by atoms with E-state index in [1.54, 1.807) is 42.5 Å². The zero-order valence-electron chi connectivity index (χ0n) is 12.9. The molecule has 0 radical (unpaired) electrons. The Morgan fingerprint density at radius 2 is 1.91 bits per heavy atom. The molecule has 0 amide bonds. The molecule has 0 aliphatic heterocycles. The van der Waals surface area contributed by atoms with Crippen LogP contribution in [0, 0.1) is 5.92 Å². The fourth-order valence-electron chi connectivity index (χ4n) is 1.83. The topological polar surface area (TPSA) is 52.6 Å². The van der Waals surface area contributed by atoms with Gasteiger partial charge in [0.2, 0.25) is 0 Å². The monoisotopic (exact) mass is 376 g/mol. The Morgan fingerprint density at radius 3 is 2.57 bits per heavy atom. The first-order chi connectivity index (χ1) is 11.0. The lowest BCUT2D eigenvalue weighted by Crippen LogP contribution is -2.10. The molecular formula is C18H17BrO4. The fourth-order valence-corrected chi connectivity index (χ4v) is 2.32. The molecule has 0 saturated carbocycles. The van der Waals surface area contributed by atoms with Crippen LogP contribution < -0.4 is 9.47 Å². The number of carbonyl (C=O) groups is 2. The van der Waals surface area contributed by atoms with E-state index in [1.807, 2.05) is 0 Å². The zero-order chi connectivity index (χ0) is 16.8. The summed E-state index contributed by atoms with van der Waals surface area (Å²) in [4.78, 5) is 23.2. The van der Waals surface area contributed by atoms with Gasteiger partial charge in [0.05, 0.1) is 22.2 Å². The highest BCUT2D eigenvalue weighted by atomic mass is 79.9. The zero-order valence-corrected chi connectivity index (χ0v) is 14.5. The summed E-state index contributed by atoms with van der Waals surface area (Å²) >= 11 is 3.39. The Morgan fingerprint density at radius 1 is 1.17 bits per heavy atom. The first-order valence-corrected chi connectivity index (χ1v) is 7.99. The average molecular weight is 377 g/mol. The number of rotatable bonds is 6. The molecule has 0 aliphatic carbocycles. The second kappa shape index (κ2) is 7.92. The van der Waals surface area contributed by atoms with E-state index >= 15 is 0 Å². The summed E-state index contributed by atoms with van der Waals surface area (Å²) in [6.07, 6.45) is 0.654. The third kappa shape index (κ3) is 4.66. The number of halogens is 1. The van der Waals surface area contributed by atoms with Crippen molar-refractivity contribution in [3.8, 4) is 11.5 Å².